The number of carbonyl (C=O) groups is 2. The minimum Gasteiger partial charge on any atom is -0.466 e. The van der Waals surface area contributed by atoms with Crippen LogP contribution in [-0.4, -0.2) is 54.5 Å². The van der Waals surface area contributed by atoms with Crippen molar-refractivity contribution in [2.45, 2.75) is 26.7 Å². The zero-order valence-electron chi connectivity index (χ0n) is 15.8. The van der Waals surface area contributed by atoms with E-state index in [1.165, 1.54) is 10.3 Å². The van der Waals surface area contributed by atoms with Crippen LogP contribution in [-0.2, 0) is 14.3 Å². The number of rotatable bonds is 4. The fraction of sp³-hybridized carbons (Fsp3) is 0.550. The number of aryl methyl sites for hydroxylation is 1. The molecule has 2 fully saturated rings. The molecule has 144 valence electrons. The predicted molar refractivity (Wildman–Crippen MR) is 106 cm³/mol. The Bertz CT molecular complexity index is 859. The molecule has 0 bridgehead atoms. The first-order chi connectivity index (χ1) is 13.0. The van der Waals surface area contributed by atoms with Crippen LogP contribution in [0.3, 0.4) is 0 Å². The SMILES string of the molecule is CCOC(=O)C1CCCN(C(=O)C2CN(c3nc4ccc(C)cc4s3)C2)C1. The van der Waals surface area contributed by atoms with Crippen molar-refractivity contribution in [3.05, 3.63) is 23.8 Å². The van der Waals surface area contributed by atoms with Gasteiger partial charge >= 0.3 is 5.97 Å². The van der Waals surface area contributed by atoms with E-state index >= 15 is 0 Å². The van der Waals surface area contributed by atoms with Crippen molar-refractivity contribution < 1.29 is 14.3 Å². The van der Waals surface area contributed by atoms with Gasteiger partial charge in [0.1, 0.15) is 0 Å². The number of likely N-dealkylation sites (tertiary alicyclic amines) is 1. The number of anilines is 1. The van der Waals surface area contributed by atoms with Crippen LogP contribution in [0.5, 0.6) is 0 Å². The summed E-state index contributed by atoms with van der Waals surface area (Å²) in [5.41, 5.74) is 2.25. The molecule has 2 aromatic rings. The van der Waals surface area contributed by atoms with Crippen molar-refractivity contribution in [3.63, 3.8) is 0 Å². The van der Waals surface area contributed by atoms with E-state index in [0.717, 1.165) is 30.0 Å². The van der Waals surface area contributed by atoms with E-state index < -0.39 is 0 Å². The first kappa shape index (κ1) is 18.2. The molecule has 0 radical (unpaired) electrons. The van der Waals surface area contributed by atoms with Crippen molar-refractivity contribution in [3.8, 4) is 0 Å². The van der Waals surface area contributed by atoms with Gasteiger partial charge in [0.25, 0.3) is 0 Å². The van der Waals surface area contributed by atoms with Gasteiger partial charge in [-0.25, -0.2) is 4.98 Å². The number of esters is 1. The number of fused-ring (bicyclic) bond motifs is 1. The summed E-state index contributed by atoms with van der Waals surface area (Å²) in [6.07, 6.45) is 1.67. The van der Waals surface area contributed by atoms with Crippen LogP contribution in [0.4, 0.5) is 5.13 Å². The van der Waals surface area contributed by atoms with Crippen LogP contribution < -0.4 is 4.90 Å². The quantitative estimate of drug-likeness (QED) is 0.755. The Balaban J connectivity index is 1.35. The summed E-state index contributed by atoms with van der Waals surface area (Å²) < 4.78 is 6.32. The van der Waals surface area contributed by atoms with Crippen molar-refractivity contribution in [2.24, 2.45) is 11.8 Å². The van der Waals surface area contributed by atoms with Gasteiger partial charge in [0.15, 0.2) is 5.13 Å². The monoisotopic (exact) mass is 387 g/mol. The summed E-state index contributed by atoms with van der Waals surface area (Å²) >= 11 is 1.68. The highest BCUT2D eigenvalue weighted by atomic mass is 32.1. The van der Waals surface area contributed by atoms with Gasteiger partial charge in [0.2, 0.25) is 5.91 Å². The molecule has 0 saturated carbocycles. The zero-order valence-corrected chi connectivity index (χ0v) is 16.6. The van der Waals surface area contributed by atoms with E-state index in [2.05, 4.69) is 30.0 Å². The third-order valence-electron chi connectivity index (χ3n) is 5.39. The number of hydrogen-bond donors (Lipinski definition) is 0. The Morgan fingerprint density at radius 1 is 1.26 bits per heavy atom. The molecule has 0 spiro atoms. The molecule has 2 aliphatic heterocycles. The fourth-order valence-corrected chi connectivity index (χ4v) is 4.92. The standard InChI is InChI=1S/C20H25N3O3S/c1-3-26-19(25)14-5-4-8-22(10-14)18(24)15-11-23(12-15)20-21-16-7-6-13(2)9-17(16)27-20/h6-7,9,14-15H,3-5,8,10-12H2,1-2H3. The lowest BCUT2D eigenvalue weighted by molar-refractivity contribution is -0.152. The average Bonchev–Trinajstić information content (AvgIpc) is 3.03. The van der Waals surface area contributed by atoms with E-state index in [1.807, 2.05) is 11.8 Å². The number of hydrogen-bond acceptors (Lipinski definition) is 6. The normalized spacial score (nSPS) is 20.6. The molecule has 2 aliphatic rings. The zero-order chi connectivity index (χ0) is 19.0. The van der Waals surface area contributed by atoms with Crippen molar-refractivity contribution in [2.75, 3.05) is 37.7 Å². The van der Waals surface area contributed by atoms with Crippen molar-refractivity contribution in [1.82, 2.24) is 9.88 Å². The van der Waals surface area contributed by atoms with Gasteiger partial charge in [-0.1, -0.05) is 17.4 Å². The van der Waals surface area contributed by atoms with Gasteiger partial charge in [0.05, 0.1) is 28.7 Å². The summed E-state index contributed by atoms with van der Waals surface area (Å²) in [4.78, 5) is 33.5. The molecule has 6 nitrogen and oxygen atoms in total. The maximum Gasteiger partial charge on any atom is 0.310 e. The Morgan fingerprint density at radius 3 is 2.85 bits per heavy atom. The third kappa shape index (κ3) is 3.65. The van der Waals surface area contributed by atoms with Gasteiger partial charge in [-0.3, -0.25) is 9.59 Å². The lowest BCUT2D eigenvalue weighted by atomic mass is 9.94. The second-order valence-corrected chi connectivity index (χ2v) is 8.45. The molecule has 0 aliphatic carbocycles. The molecular weight excluding hydrogens is 362 g/mol. The molecule has 27 heavy (non-hydrogen) atoms. The first-order valence-corrected chi connectivity index (χ1v) is 10.4. The van der Waals surface area contributed by atoms with Gasteiger partial charge < -0.3 is 14.5 Å². The Labute approximate surface area is 163 Å². The van der Waals surface area contributed by atoms with E-state index in [9.17, 15) is 9.59 Å². The molecule has 1 unspecified atom stereocenters. The highest BCUT2D eigenvalue weighted by molar-refractivity contribution is 7.22. The number of amides is 1. The van der Waals surface area contributed by atoms with E-state index in [-0.39, 0.29) is 23.7 Å². The number of carbonyl (C=O) groups excluding carboxylic acids is 2. The average molecular weight is 388 g/mol. The maximum atomic E-state index is 12.8. The minimum atomic E-state index is -0.175. The molecule has 3 heterocycles. The number of ether oxygens (including phenoxy) is 1. The summed E-state index contributed by atoms with van der Waals surface area (Å²) in [6, 6.07) is 6.28. The van der Waals surface area contributed by atoms with Crippen LogP contribution in [0.1, 0.15) is 25.3 Å². The third-order valence-corrected chi connectivity index (χ3v) is 6.47. The van der Waals surface area contributed by atoms with Gasteiger partial charge in [-0.2, -0.15) is 0 Å². The predicted octanol–water partition coefficient (Wildman–Crippen LogP) is 2.84. The number of piperidine rings is 1. The Hall–Kier alpha value is -2.15. The van der Waals surface area contributed by atoms with Gasteiger partial charge in [0, 0.05) is 26.2 Å². The number of aromatic nitrogens is 1. The lowest BCUT2D eigenvalue weighted by Crippen LogP contribution is -2.56. The molecule has 0 N–H and O–H groups in total. The second-order valence-electron chi connectivity index (χ2n) is 7.44. The summed E-state index contributed by atoms with van der Waals surface area (Å²) in [6.45, 7) is 6.94. The second kappa shape index (κ2) is 7.46. The van der Waals surface area contributed by atoms with E-state index in [1.54, 1.807) is 11.3 Å². The van der Waals surface area contributed by atoms with E-state index in [4.69, 9.17) is 9.72 Å². The summed E-state index contributed by atoms with van der Waals surface area (Å²) in [7, 11) is 0. The Morgan fingerprint density at radius 2 is 2.07 bits per heavy atom. The van der Waals surface area contributed by atoms with Crippen LogP contribution in [0.25, 0.3) is 10.2 Å². The Kier molecular flexibility index (Phi) is 5.04. The lowest BCUT2D eigenvalue weighted by Gasteiger charge is -2.42. The number of thiazole rings is 1. The fourth-order valence-electron chi connectivity index (χ4n) is 3.83. The molecule has 1 aromatic heterocycles. The van der Waals surface area contributed by atoms with Gasteiger partial charge in [-0.05, 0) is 44.4 Å². The van der Waals surface area contributed by atoms with Crippen molar-refractivity contribution in [1.29, 1.82) is 0 Å². The summed E-state index contributed by atoms with van der Waals surface area (Å²) in [5.74, 6) is -0.182. The van der Waals surface area contributed by atoms with Crippen LogP contribution >= 0.6 is 11.3 Å². The molecular formula is C20H25N3O3S. The summed E-state index contributed by atoms with van der Waals surface area (Å²) in [5, 5.41) is 0.989. The maximum absolute atomic E-state index is 12.8. The number of nitrogens with zero attached hydrogens (tertiary/aromatic N) is 3. The molecule has 2 saturated heterocycles. The molecule has 1 aromatic carbocycles. The van der Waals surface area contributed by atoms with Crippen LogP contribution in [0.2, 0.25) is 0 Å². The minimum absolute atomic E-state index is 0.000283. The molecule has 1 amide bonds. The highest BCUT2D eigenvalue weighted by Gasteiger charge is 2.39. The largest absolute Gasteiger partial charge is 0.466 e. The highest BCUT2D eigenvalue weighted by Crippen LogP contribution is 2.34. The molecule has 7 heteroatoms. The van der Waals surface area contributed by atoms with Crippen LogP contribution in [0, 0.1) is 18.8 Å². The van der Waals surface area contributed by atoms with Gasteiger partial charge in [-0.15, -0.1) is 0 Å². The first-order valence-electron chi connectivity index (χ1n) is 9.62. The van der Waals surface area contributed by atoms with Crippen LogP contribution in [0.15, 0.2) is 18.2 Å². The van der Waals surface area contributed by atoms with E-state index in [0.29, 0.717) is 26.2 Å². The van der Waals surface area contributed by atoms with Crippen molar-refractivity contribution >= 4 is 38.6 Å². The number of benzene rings is 1. The molecule has 1 atom stereocenters. The molecule has 4 rings (SSSR count). The smallest absolute Gasteiger partial charge is 0.310 e. The topological polar surface area (TPSA) is 62.7 Å².